The first-order valence-electron chi connectivity index (χ1n) is 7.59. The summed E-state index contributed by atoms with van der Waals surface area (Å²) in [6.45, 7) is 0. The summed E-state index contributed by atoms with van der Waals surface area (Å²) >= 11 is 0. The lowest BCUT2D eigenvalue weighted by Gasteiger charge is -2.08. The van der Waals surface area contributed by atoms with Gasteiger partial charge in [-0.1, -0.05) is 30.3 Å². The number of rotatable bonds is 6. The highest BCUT2D eigenvalue weighted by Gasteiger charge is 2.11. The second kappa shape index (κ2) is 8.41. The van der Waals surface area contributed by atoms with Gasteiger partial charge in [0.25, 0.3) is 5.91 Å². The van der Waals surface area contributed by atoms with E-state index in [1.807, 2.05) is 0 Å². The number of carbonyl (C=O) groups excluding carboxylic acids is 2. The zero-order valence-corrected chi connectivity index (χ0v) is 14.5. The molecule has 8 heteroatoms. The van der Waals surface area contributed by atoms with E-state index in [9.17, 15) is 18.0 Å². The fourth-order valence-electron chi connectivity index (χ4n) is 2.06. The molecule has 0 aliphatic rings. The Kier molecular flexibility index (Phi) is 6.26. The summed E-state index contributed by atoms with van der Waals surface area (Å²) in [6, 6.07) is 14.8. The second-order valence-electron chi connectivity index (χ2n) is 5.22. The number of hydrogen-bond acceptors (Lipinski definition) is 4. The van der Waals surface area contributed by atoms with Crippen molar-refractivity contribution < 1.29 is 18.0 Å². The summed E-state index contributed by atoms with van der Waals surface area (Å²) in [5.74, 6) is -0.730. The predicted molar refractivity (Wildman–Crippen MR) is 93.1 cm³/mol. The number of amides is 2. The zero-order chi connectivity index (χ0) is 18.3. The SMILES string of the molecule is CNS(=O)(=O)c1ccc(CCC(=O)NNC(=O)c2ccccc2)cc1. The lowest BCUT2D eigenvalue weighted by atomic mass is 10.1. The average Bonchev–Trinajstić information content (AvgIpc) is 2.65. The zero-order valence-electron chi connectivity index (χ0n) is 13.7. The molecule has 0 unspecified atom stereocenters. The van der Waals surface area contributed by atoms with E-state index in [1.54, 1.807) is 42.5 Å². The van der Waals surface area contributed by atoms with E-state index >= 15 is 0 Å². The number of nitrogens with one attached hydrogen (secondary N) is 3. The molecule has 0 aromatic heterocycles. The molecule has 0 bridgehead atoms. The Balaban J connectivity index is 1.81. The molecule has 25 heavy (non-hydrogen) atoms. The third kappa shape index (κ3) is 5.40. The van der Waals surface area contributed by atoms with Crippen LogP contribution in [0.25, 0.3) is 0 Å². The van der Waals surface area contributed by atoms with Gasteiger partial charge in [-0.3, -0.25) is 20.4 Å². The Morgan fingerprint density at radius 3 is 2.16 bits per heavy atom. The van der Waals surface area contributed by atoms with E-state index in [0.717, 1.165) is 5.56 Å². The molecule has 0 spiro atoms. The fraction of sp³-hybridized carbons (Fsp3) is 0.176. The van der Waals surface area contributed by atoms with Gasteiger partial charge in [0, 0.05) is 12.0 Å². The first kappa shape index (κ1) is 18.6. The van der Waals surface area contributed by atoms with Crippen molar-refractivity contribution >= 4 is 21.8 Å². The van der Waals surface area contributed by atoms with Crippen molar-refractivity contribution in [1.82, 2.24) is 15.6 Å². The average molecular weight is 361 g/mol. The highest BCUT2D eigenvalue weighted by atomic mass is 32.2. The van der Waals surface area contributed by atoms with Crippen molar-refractivity contribution in [3.05, 3.63) is 65.7 Å². The maximum absolute atomic E-state index is 11.8. The van der Waals surface area contributed by atoms with E-state index in [-0.39, 0.29) is 17.2 Å². The molecule has 2 aromatic carbocycles. The number of sulfonamides is 1. The van der Waals surface area contributed by atoms with Gasteiger partial charge in [0.05, 0.1) is 4.90 Å². The smallest absolute Gasteiger partial charge is 0.269 e. The van der Waals surface area contributed by atoms with Crippen molar-refractivity contribution in [2.45, 2.75) is 17.7 Å². The van der Waals surface area contributed by atoms with Crippen LogP contribution in [0.4, 0.5) is 0 Å². The number of aryl methyl sites for hydroxylation is 1. The van der Waals surface area contributed by atoms with Crippen molar-refractivity contribution in [3.8, 4) is 0 Å². The minimum atomic E-state index is -3.47. The van der Waals surface area contributed by atoms with Gasteiger partial charge in [-0.05, 0) is 43.3 Å². The molecule has 0 saturated heterocycles. The molecular weight excluding hydrogens is 342 g/mol. The standard InChI is InChI=1S/C17H19N3O4S/c1-18-25(23,24)15-10-7-13(8-11-15)9-12-16(21)19-20-17(22)14-5-3-2-4-6-14/h2-8,10-11,18H,9,12H2,1H3,(H,19,21)(H,20,22). The van der Waals surface area contributed by atoms with Gasteiger partial charge in [-0.2, -0.15) is 0 Å². The van der Waals surface area contributed by atoms with Crippen molar-refractivity contribution in [3.63, 3.8) is 0 Å². The molecule has 0 heterocycles. The minimum absolute atomic E-state index is 0.160. The lowest BCUT2D eigenvalue weighted by Crippen LogP contribution is -2.41. The molecule has 0 fully saturated rings. The number of carbonyl (C=O) groups is 2. The Bertz CT molecular complexity index is 834. The highest BCUT2D eigenvalue weighted by molar-refractivity contribution is 7.89. The third-order valence-electron chi connectivity index (χ3n) is 3.49. The Labute approximate surface area is 146 Å². The molecule has 2 aromatic rings. The molecule has 0 radical (unpaired) electrons. The first-order chi connectivity index (χ1) is 11.9. The fourth-order valence-corrected chi connectivity index (χ4v) is 2.79. The molecule has 7 nitrogen and oxygen atoms in total. The maximum atomic E-state index is 11.8. The van der Waals surface area contributed by atoms with E-state index < -0.39 is 15.9 Å². The van der Waals surface area contributed by atoms with Crippen molar-refractivity contribution in [2.24, 2.45) is 0 Å². The normalized spacial score (nSPS) is 10.9. The highest BCUT2D eigenvalue weighted by Crippen LogP contribution is 2.11. The quantitative estimate of drug-likeness (QED) is 0.667. The van der Waals surface area contributed by atoms with Crippen LogP contribution in [0.1, 0.15) is 22.3 Å². The summed E-state index contributed by atoms with van der Waals surface area (Å²) in [5, 5.41) is 0. The van der Waals surface area contributed by atoms with E-state index in [0.29, 0.717) is 12.0 Å². The Hall–Kier alpha value is -2.71. The monoisotopic (exact) mass is 361 g/mol. The van der Waals surface area contributed by atoms with E-state index in [4.69, 9.17) is 0 Å². The summed E-state index contributed by atoms with van der Waals surface area (Å²) in [5.41, 5.74) is 5.96. The molecule has 132 valence electrons. The van der Waals surface area contributed by atoms with Crippen molar-refractivity contribution in [1.29, 1.82) is 0 Å². The molecule has 3 N–H and O–H groups in total. The summed E-state index contributed by atoms with van der Waals surface area (Å²) in [4.78, 5) is 23.8. The van der Waals surface area contributed by atoms with Crippen LogP contribution in [0.5, 0.6) is 0 Å². The molecule has 0 atom stereocenters. The second-order valence-corrected chi connectivity index (χ2v) is 7.11. The Morgan fingerprint density at radius 2 is 1.56 bits per heavy atom. The summed E-state index contributed by atoms with van der Waals surface area (Å²) in [7, 11) is -2.12. The number of benzene rings is 2. The molecule has 2 rings (SSSR count). The Morgan fingerprint density at radius 1 is 0.920 bits per heavy atom. The minimum Gasteiger partial charge on any atom is -0.273 e. The van der Waals surface area contributed by atoms with Gasteiger partial charge in [-0.25, -0.2) is 13.1 Å². The largest absolute Gasteiger partial charge is 0.273 e. The van der Waals surface area contributed by atoms with Crippen LogP contribution in [0.3, 0.4) is 0 Å². The van der Waals surface area contributed by atoms with Gasteiger partial charge < -0.3 is 0 Å². The summed E-state index contributed by atoms with van der Waals surface area (Å²) < 4.78 is 25.5. The van der Waals surface area contributed by atoms with Gasteiger partial charge in [0.1, 0.15) is 0 Å². The predicted octanol–water partition coefficient (Wildman–Crippen LogP) is 0.988. The van der Waals surface area contributed by atoms with Crippen LogP contribution < -0.4 is 15.6 Å². The lowest BCUT2D eigenvalue weighted by molar-refractivity contribution is -0.121. The topological polar surface area (TPSA) is 104 Å². The van der Waals surface area contributed by atoms with Crippen LogP contribution in [-0.2, 0) is 21.2 Å². The van der Waals surface area contributed by atoms with Crippen LogP contribution in [0, 0.1) is 0 Å². The van der Waals surface area contributed by atoms with Gasteiger partial charge in [0.2, 0.25) is 15.9 Å². The van der Waals surface area contributed by atoms with Crippen LogP contribution in [0.2, 0.25) is 0 Å². The van der Waals surface area contributed by atoms with Crippen LogP contribution in [0.15, 0.2) is 59.5 Å². The first-order valence-corrected chi connectivity index (χ1v) is 9.07. The molecule has 0 aliphatic carbocycles. The van der Waals surface area contributed by atoms with Gasteiger partial charge in [-0.15, -0.1) is 0 Å². The molecular formula is C17H19N3O4S. The van der Waals surface area contributed by atoms with Gasteiger partial charge in [0.15, 0.2) is 0 Å². The molecule has 2 amide bonds. The molecule has 0 saturated carbocycles. The summed E-state index contributed by atoms with van der Waals surface area (Å²) in [6.07, 6.45) is 0.583. The van der Waals surface area contributed by atoms with E-state index in [1.165, 1.54) is 19.2 Å². The van der Waals surface area contributed by atoms with E-state index in [2.05, 4.69) is 15.6 Å². The van der Waals surface area contributed by atoms with Crippen LogP contribution >= 0.6 is 0 Å². The molecule has 0 aliphatic heterocycles. The third-order valence-corrected chi connectivity index (χ3v) is 4.92. The number of hydrogen-bond donors (Lipinski definition) is 3. The number of hydrazine groups is 1. The van der Waals surface area contributed by atoms with Crippen LogP contribution in [-0.4, -0.2) is 27.3 Å². The van der Waals surface area contributed by atoms with Crippen molar-refractivity contribution in [2.75, 3.05) is 7.05 Å². The van der Waals surface area contributed by atoms with Gasteiger partial charge >= 0.3 is 0 Å². The maximum Gasteiger partial charge on any atom is 0.269 e.